The van der Waals surface area contributed by atoms with Crippen LogP contribution in [0.25, 0.3) is 16.8 Å². The lowest BCUT2D eigenvalue weighted by molar-refractivity contribution is -0.0486. The molecule has 176 valence electrons. The second-order valence-electron chi connectivity index (χ2n) is 9.15. The van der Waals surface area contributed by atoms with Gasteiger partial charge in [-0.05, 0) is 49.2 Å². The monoisotopic (exact) mass is 469 g/mol. The second-order valence-corrected chi connectivity index (χ2v) is 9.15. The van der Waals surface area contributed by atoms with E-state index in [9.17, 15) is 10.4 Å². The van der Waals surface area contributed by atoms with E-state index in [4.69, 9.17) is 24.9 Å². The zero-order valence-corrected chi connectivity index (χ0v) is 19.1. The number of rotatable bonds is 6. The molecule has 0 spiro atoms. The van der Waals surface area contributed by atoms with Gasteiger partial charge in [0.1, 0.15) is 51.7 Å². The Balaban J connectivity index is 1.37. The van der Waals surface area contributed by atoms with Crippen molar-refractivity contribution >= 4 is 11.3 Å². The van der Waals surface area contributed by atoms with Gasteiger partial charge in [-0.25, -0.2) is 9.97 Å². The minimum Gasteiger partial charge on any atom is -0.495 e. The summed E-state index contributed by atoms with van der Waals surface area (Å²) in [7, 11) is 1.52. The van der Waals surface area contributed by atoms with E-state index >= 15 is 0 Å². The Labute approximate surface area is 201 Å². The summed E-state index contributed by atoms with van der Waals surface area (Å²) in [6.07, 6.45) is 4.99. The number of benzene rings is 2. The van der Waals surface area contributed by atoms with Crippen LogP contribution in [0.4, 0.5) is 5.82 Å². The molecule has 3 fully saturated rings. The Hall–Kier alpha value is -4.13. The third kappa shape index (κ3) is 3.15. The van der Waals surface area contributed by atoms with Crippen LogP contribution >= 0.6 is 0 Å². The van der Waals surface area contributed by atoms with Gasteiger partial charge in [0.15, 0.2) is 0 Å². The molecule has 4 aromatic rings. The summed E-state index contributed by atoms with van der Waals surface area (Å²) >= 11 is 0. The fraction of sp³-hybridized carbons (Fsp3) is 0.269. The van der Waals surface area contributed by atoms with Gasteiger partial charge in [-0.3, -0.25) is 4.40 Å². The fourth-order valence-corrected chi connectivity index (χ4v) is 5.38. The number of ether oxygens (including phenoxy) is 3. The quantitative estimate of drug-likeness (QED) is 0.440. The van der Waals surface area contributed by atoms with Gasteiger partial charge in [-0.15, -0.1) is 0 Å². The second kappa shape index (κ2) is 7.70. The average molecular weight is 470 g/mol. The lowest BCUT2D eigenvalue weighted by atomic mass is 9.62. The first-order valence-electron chi connectivity index (χ1n) is 11.2. The number of nitrogens with zero attached hydrogens (tertiary/aromatic N) is 4. The molecule has 3 aliphatic rings. The molecule has 2 aromatic heterocycles. The number of methoxy groups -OCH3 is 1. The van der Waals surface area contributed by atoms with E-state index in [1.54, 1.807) is 24.4 Å². The highest BCUT2D eigenvalue weighted by Gasteiger charge is 2.64. The van der Waals surface area contributed by atoms with E-state index in [2.05, 4.69) is 11.1 Å². The minimum absolute atomic E-state index is 0.0108. The molecule has 2 aromatic carbocycles. The van der Waals surface area contributed by atoms with Crippen molar-refractivity contribution in [3.05, 3.63) is 66.2 Å². The van der Waals surface area contributed by atoms with Crippen molar-refractivity contribution in [2.24, 2.45) is 0 Å². The molecule has 1 saturated carbocycles. The van der Waals surface area contributed by atoms with Crippen molar-refractivity contribution in [3.8, 4) is 34.6 Å². The maximum absolute atomic E-state index is 9.74. The molecule has 4 heterocycles. The standard InChI is InChI=1S/C26H23N5O4/c1-33-19-3-2-4-20(18(19)11-27)35-17-7-5-16(6-8-17)21-22-23(28)29-9-10-31(22)24(30-21)25-12-26(13-25,14-32)34-15-25/h2-10,32H,12-15H2,1H3,(H2,28,29). The molecule has 9 heteroatoms. The van der Waals surface area contributed by atoms with Crippen LogP contribution in [0, 0.1) is 11.3 Å². The highest BCUT2D eigenvalue weighted by Crippen LogP contribution is 2.58. The molecular weight excluding hydrogens is 446 g/mol. The van der Waals surface area contributed by atoms with Crippen LogP contribution in [0.15, 0.2) is 54.9 Å². The molecule has 0 unspecified atom stereocenters. The van der Waals surface area contributed by atoms with Gasteiger partial charge in [0, 0.05) is 18.0 Å². The molecule has 2 aliphatic heterocycles. The molecule has 7 rings (SSSR count). The van der Waals surface area contributed by atoms with Crippen LogP contribution in [0.5, 0.6) is 17.2 Å². The van der Waals surface area contributed by atoms with Crippen LogP contribution in [-0.2, 0) is 10.2 Å². The predicted molar refractivity (Wildman–Crippen MR) is 127 cm³/mol. The van der Waals surface area contributed by atoms with Crippen LogP contribution in [-0.4, -0.2) is 45.4 Å². The molecule has 0 amide bonds. The number of hydrogen-bond donors (Lipinski definition) is 2. The maximum atomic E-state index is 9.74. The molecular formula is C26H23N5O4. The SMILES string of the molecule is COc1cccc(Oc2ccc(-c3nc(C45COC(CO)(C4)C5)n4ccnc(N)c34)cc2)c1C#N. The lowest BCUT2D eigenvalue weighted by Gasteiger charge is -2.42. The number of aliphatic hydroxyl groups excluding tert-OH is 1. The Kier molecular flexibility index (Phi) is 4.71. The van der Waals surface area contributed by atoms with Gasteiger partial charge >= 0.3 is 0 Å². The zero-order chi connectivity index (χ0) is 24.2. The minimum atomic E-state index is -0.452. The number of nitrogens with two attached hydrogens (primary N) is 1. The number of nitriles is 1. The van der Waals surface area contributed by atoms with Crippen molar-refractivity contribution in [1.29, 1.82) is 5.26 Å². The summed E-state index contributed by atoms with van der Waals surface area (Å²) in [4.78, 5) is 9.31. The van der Waals surface area contributed by atoms with Crippen LogP contribution in [0.2, 0.25) is 0 Å². The normalized spacial score (nSPS) is 22.5. The van der Waals surface area contributed by atoms with Crippen molar-refractivity contribution in [2.75, 3.05) is 26.1 Å². The first-order valence-corrected chi connectivity index (χ1v) is 11.2. The number of aromatic nitrogens is 3. The van der Waals surface area contributed by atoms with Gasteiger partial charge in [-0.2, -0.15) is 5.26 Å². The van der Waals surface area contributed by atoms with Crippen molar-refractivity contribution < 1.29 is 19.3 Å². The molecule has 35 heavy (non-hydrogen) atoms. The van der Waals surface area contributed by atoms with Gasteiger partial charge in [0.25, 0.3) is 0 Å². The Morgan fingerprint density at radius 2 is 1.97 bits per heavy atom. The van der Waals surface area contributed by atoms with E-state index in [1.165, 1.54) is 7.11 Å². The summed E-state index contributed by atoms with van der Waals surface area (Å²) in [6.45, 7) is 0.528. The fourth-order valence-electron chi connectivity index (χ4n) is 5.38. The van der Waals surface area contributed by atoms with Crippen LogP contribution in [0.3, 0.4) is 0 Å². The van der Waals surface area contributed by atoms with Crippen molar-refractivity contribution in [2.45, 2.75) is 23.9 Å². The van der Waals surface area contributed by atoms with Gasteiger partial charge in [-0.1, -0.05) is 6.07 Å². The van der Waals surface area contributed by atoms with Gasteiger partial charge in [0.2, 0.25) is 0 Å². The number of imidazole rings is 1. The van der Waals surface area contributed by atoms with E-state index in [0.717, 1.165) is 35.4 Å². The highest BCUT2D eigenvalue weighted by atomic mass is 16.5. The molecule has 0 atom stereocenters. The van der Waals surface area contributed by atoms with Gasteiger partial charge < -0.3 is 25.1 Å². The Bertz CT molecular complexity index is 1480. The topological polar surface area (TPSA) is 128 Å². The summed E-state index contributed by atoms with van der Waals surface area (Å²) in [5.41, 5.74) is 8.24. The predicted octanol–water partition coefficient (Wildman–Crippen LogP) is 3.44. The number of aliphatic hydroxyl groups is 1. The third-order valence-electron chi connectivity index (χ3n) is 7.00. The maximum Gasteiger partial charge on any atom is 0.150 e. The Morgan fingerprint density at radius 1 is 1.20 bits per heavy atom. The lowest BCUT2D eigenvalue weighted by Crippen LogP contribution is -2.50. The molecule has 2 saturated heterocycles. The van der Waals surface area contributed by atoms with E-state index in [-0.39, 0.29) is 12.0 Å². The average Bonchev–Trinajstić information content (AvgIpc) is 3.55. The molecule has 3 N–H and O–H groups in total. The highest BCUT2D eigenvalue weighted by molar-refractivity contribution is 5.85. The van der Waals surface area contributed by atoms with Crippen molar-refractivity contribution in [1.82, 2.24) is 14.4 Å². The number of nitrogen functional groups attached to an aromatic ring is 1. The summed E-state index contributed by atoms with van der Waals surface area (Å²) < 4.78 is 19.1. The summed E-state index contributed by atoms with van der Waals surface area (Å²) in [6, 6.07) is 14.8. The smallest absolute Gasteiger partial charge is 0.150 e. The zero-order valence-electron chi connectivity index (χ0n) is 19.1. The van der Waals surface area contributed by atoms with E-state index in [1.807, 2.05) is 34.9 Å². The summed E-state index contributed by atoms with van der Waals surface area (Å²) in [5, 5.41) is 19.3. The van der Waals surface area contributed by atoms with E-state index < -0.39 is 5.60 Å². The van der Waals surface area contributed by atoms with Crippen molar-refractivity contribution in [3.63, 3.8) is 0 Å². The molecule has 1 aliphatic carbocycles. The number of fused-ring (bicyclic) bond motifs is 2. The molecule has 9 nitrogen and oxygen atoms in total. The number of hydrogen-bond acceptors (Lipinski definition) is 8. The first kappa shape index (κ1) is 21.4. The third-order valence-corrected chi connectivity index (χ3v) is 7.00. The molecule has 2 bridgehead atoms. The first-order chi connectivity index (χ1) is 17.0. The largest absolute Gasteiger partial charge is 0.495 e. The number of anilines is 1. The Morgan fingerprint density at radius 3 is 2.66 bits per heavy atom. The van der Waals surface area contributed by atoms with Gasteiger partial charge in [0.05, 0.1) is 31.3 Å². The molecule has 0 radical (unpaired) electrons. The van der Waals surface area contributed by atoms with Crippen LogP contribution in [0.1, 0.15) is 24.2 Å². The van der Waals surface area contributed by atoms with Crippen LogP contribution < -0.4 is 15.2 Å². The summed E-state index contributed by atoms with van der Waals surface area (Å²) in [5.74, 6) is 2.70. The van der Waals surface area contributed by atoms with E-state index in [0.29, 0.717) is 35.2 Å².